The van der Waals surface area contributed by atoms with Gasteiger partial charge in [0.1, 0.15) is 29.5 Å². The van der Waals surface area contributed by atoms with Crippen molar-refractivity contribution in [2.75, 3.05) is 13.2 Å². The van der Waals surface area contributed by atoms with E-state index in [1.165, 1.54) is 9.78 Å². The highest BCUT2D eigenvalue weighted by Gasteiger charge is 2.23. The number of amides is 1. The number of esters is 1. The third-order valence-corrected chi connectivity index (χ3v) is 7.08. The van der Waals surface area contributed by atoms with Crippen LogP contribution in [-0.4, -0.2) is 40.7 Å². The Hall–Kier alpha value is -4.17. The summed E-state index contributed by atoms with van der Waals surface area (Å²) in [5, 5.41) is 1.01. The molecule has 41 heavy (non-hydrogen) atoms. The van der Waals surface area contributed by atoms with Gasteiger partial charge in [0.2, 0.25) is 0 Å². The van der Waals surface area contributed by atoms with Crippen molar-refractivity contribution in [3.05, 3.63) is 107 Å². The summed E-state index contributed by atoms with van der Waals surface area (Å²) < 4.78 is 16.9. The van der Waals surface area contributed by atoms with E-state index >= 15 is 0 Å². The van der Waals surface area contributed by atoms with Gasteiger partial charge in [0.25, 0.3) is 0 Å². The first-order chi connectivity index (χ1) is 19.7. The van der Waals surface area contributed by atoms with Crippen molar-refractivity contribution in [3.63, 3.8) is 0 Å². The highest BCUT2D eigenvalue weighted by molar-refractivity contribution is 7.15. The molecule has 1 heterocycles. The number of ether oxygens (including phenoxy) is 3. The Kier molecular flexibility index (Phi) is 10.1. The zero-order valence-electron chi connectivity index (χ0n) is 24.0. The minimum absolute atomic E-state index is 0.114. The smallest absolute Gasteiger partial charge is 0.410 e. The summed E-state index contributed by atoms with van der Waals surface area (Å²) in [5.74, 6) is 0.220. The number of nitrogens with zero attached hydrogens (tertiary/aromatic N) is 2. The number of carbonyl (C=O) groups is 2. The summed E-state index contributed by atoms with van der Waals surface area (Å²) in [4.78, 5) is 32.8. The fourth-order valence-corrected chi connectivity index (χ4v) is 5.03. The van der Waals surface area contributed by atoms with Crippen LogP contribution >= 0.6 is 11.3 Å². The van der Waals surface area contributed by atoms with Crippen molar-refractivity contribution in [2.45, 2.75) is 52.9 Å². The third-order valence-electron chi connectivity index (χ3n) is 6.02. The van der Waals surface area contributed by atoms with Crippen molar-refractivity contribution in [2.24, 2.45) is 0 Å². The van der Waals surface area contributed by atoms with E-state index in [2.05, 4.69) is 19.1 Å². The van der Waals surface area contributed by atoms with Gasteiger partial charge in [0.15, 0.2) is 0 Å². The number of thiazole rings is 1. The van der Waals surface area contributed by atoms with Gasteiger partial charge in [-0.05, 0) is 51.0 Å². The highest BCUT2D eigenvalue weighted by atomic mass is 32.1. The Bertz CT molecular complexity index is 1410. The SMILES string of the molecule is Cc1sc(-c2ccccc2)nc1CCOc1ccc(CN(CC(=O)OC(C)(C)C)C(=O)OCc2ccccc2)cc1. The maximum Gasteiger partial charge on any atom is 0.410 e. The molecule has 1 amide bonds. The lowest BCUT2D eigenvalue weighted by atomic mass is 10.2. The molecule has 7 nitrogen and oxygen atoms in total. The van der Waals surface area contributed by atoms with E-state index in [0.29, 0.717) is 13.0 Å². The van der Waals surface area contributed by atoms with Crippen LogP contribution in [0.15, 0.2) is 84.9 Å². The Labute approximate surface area is 245 Å². The van der Waals surface area contributed by atoms with Gasteiger partial charge in [0.05, 0.1) is 12.3 Å². The molecule has 0 fully saturated rings. The lowest BCUT2D eigenvalue weighted by Gasteiger charge is -2.25. The van der Waals surface area contributed by atoms with Crippen LogP contribution in [0.3, 0.4) is 0 Å². The first-order valence-corrected chi connectivity index (χ1v) is 14.4. The second-order valence-electron chi connectivity index (χ2n) is 10.6. The van der Waals surface area contributed by atoms with Gasteiger partial charge in [-0.3, -0.25) is 9.69 Å². The minimum atomic E-state index is -0.657. The number of benzene rings is 3. The topological polar surface area (TPSA) is 78.0 Å². The molecule has 0 bridgehead atoms. The zero-order chi connectivity index (χ0) is 29.2. The second-order valence-corrected chi connectivity index (χ2v) is 11.8. The molecular formula is C33H36N2O5S. The molecule has 0 aliphatic carbocycles. The van der Waals surface area contributed by atoms with Gasteiger partial charge >= 0.3 is 12.1 Å². The van der Waals surface area contributed by atoms with E-state index < -0.39 is 17.7 Å². The van der Waals surface area contributed by atoms with Gasteiger partial charge in [-0.1, -0.05) is 72.8 Å². The standard InChI is InChI=1S/C33H36N2O5S/c1-24-29(34-31(41-24)27-13-9-6-10-14-27)19-20-38-28-17-15-25(16-18-28)21-35(22-30(36)40-33(2,3)4)32(37)39-23-26-11-7-5-8-12-26/h5-18H,19-23H2,1-4H3. The number of hydrogen-bond donors (Lipinski definition) is 0. The van der Waals surface area contributed by atoms with Gasteiger partial charge in [-0.25, -0.2) is 9.78 Å². The fraction of sp³-hybridized carbons (Fsp3) is 0.303. The number of rotatable bonds is 11. The van der Waals surface area contributed by atoms with Crippen LogP contribution in [0.5, 0.6) is 5.75 Å². The molecule has 8 heteroatoms. The molecule has 0 unspecified atom stereocenters. The average molecular weight is 573 g/mol. The molecular weight excluding hydrogens is 536 g/mol. The van der Waals surface area contributed by atoms with Crippen LogP contribution < -0.4 is 4.74 Å². The molecule has 1 aromatic heterocycles. The van der Waals surface area contributed by atoms with Crippen molar-refractivity contribution >= 4 is 23.4 Å². The summed E-state index contributed by atoms with van der Waals surface area (Å²) in [5.41, 5.74) is 3.20. The predicted octanol–water partition coefficient (Wildman–Crippen LogP) is 7.22. The molecule has 214 valence electrons. The highest BCUT2D eigenvalue weighted by Crippen LogP contribution is 2.28. The molecule has 0 aliphatic rings. The molecule has 0 N–H and O–H groups in total. The first kappa shape index (κ1) is 29.8. The van der Waals surface area contributed by atoms with E-state index in [0.717, 1.165) is 33.1 Å². The maximum atomic E-state index is 13.0. The van der Waals surface area contributed by atoms with Crippen molar-refractivity contribution in [1.82, 2.24) is 9.88 Å². The molecule has 0 aliphatic heterocycles. The fourth-order valence-electron chi connectivity index (χ4n) is 4.07. The largest absolute Gasteiger partial charge is 0.493 e. The monoisotopic (exact) mass is 572 g/mol. The Morgan fingerprint density at radius 2 is 1.54 bits per heavy atom. The molecule has 4 rings (SSSR count). The van der Waals surface area contributed by atoms with Crippen LogP contribution in [0.25, 0.3) is 10.6 Å². The normalized spacial score (nSPS) is 11.1. The summed E-state index contributed by atoms with van der Waals surface area (Å²) >= 11 is 1.69. The quantitative estimate of drug-likeness (QED) is 0.177. The van der Waals surface area contributed by atoms with Gasteiger partial charge in [-0.15, -0.1) is 11.3 Å². The number of aromatic nitrogens is 1. The van der Waals surface area contributed by atoms with E-state index in [9.17, 15) is 9.59 Å². The third kappa shape index (κ3) is 9.46. The molecule has 0 spiro atoms. The molecule has 0 saturated carbocycles. The Morgan fingerprint density at radius 1 is 0.878 bits per heavy atom. The number of carbonyl (C=O) groups excluding carboxylic acids is 2. The van der Waals surface area contributed by atoms with Crippen LogP contribution in [-0.2, 0) is 33.8 Å². The van der Waals surface area contributed by atoms with E-state index in [4.69, 9.17) is 19.2 Å². The molecule has 3 aromatic carbocycles. The minimum Gasteiger partial charge on any atom is -0.493 e. The summed E-state index contributed by atoms with van der Waals surface area (Å²) in [6.45, 7) is 8.03. The van der Waals surface area contributed by atoms with E-state index in [-0.39, 0.29) is 19.7 Å². The van der Waals surface area contributed by atoms with Crippen molar-refractivity contribution < 1.29 is 23.8 Å². The average Bonchev–Trinajstić information content (AvgIpc) is 3.32. The zero-order valence-corrected chi connectivity index (χ0v) is 24.8. The van der Waals surface area contributed by atoms with Crippen LogP contribution in [0, 0.1) is 6.92 Å². The van der Waals surface area contributed by atoms with Crippen LogP contribution in [0.1, 0.15) is 42.5 Å². The van der Waals surface area contributed by atoms with E-state index in [1.54, 1.807) is 32.1 Å². The summed E-state index contributed by atoms with van der Waals surface area (Å²) in [7, 11) is 0. The van der Waals surface area contributed by atoms with Crippen molar-refractivity contribution in [1.29, 1.82) is 0 Å². The lowest BCUT2D eigenvalue weighted by Crippen LogP contribution is -2.38. The number of hydrogen-bond acceptors (Lipinski definition) is 7. The van der Waals surface area contributed by atoms with Gasteiger partial charge in [0, 0.05) is 23.4 Å². The molecule has 0 saturated heterocycles. The molecule has 0 atom stereocenters. The van der Waals surface area contributed by atoms with Gasteiger partial charge in [-0.2, -0.15) is 0 Å². The van der Waals surface area contributed by atoms with Crippen LogP contribution in [0.4, 0.5) is 4.79 Å². The molecule has 0 radical (unpaired) electrons. The Balaban J connectivity index is 1.34. The second kappa shape index (κ2) is 13.9. The molecule has 4 aromatic rings. The summed E-state index contributed by atoms with van der Waals surface area (Å²) in [6, 6.07) is 27.1. The Morgan fingerprint density at radius 3 is 2.20 bits per heavy atom. The van der Waals surface area contributed by atoms with Gasteiger partial charge < -0.3 is 14.2 Å². The lowest BCUT2D eigenvalue weighted by molar-refractivity contribution is -0.155. The van der Waals surface area contributed by atoms with Crippen LogP contribution in [0.2, 0.25) is 0 Å². The summed E-state index contributed by atoms with van der Waals surface area (Å²) in [6.07, 6.45) is 0.113. The first-order valence-electron chi connectivity index (χ1n) is 13.6. The van der Waals surface area contributed by atoms with E-state index in [1.807, 2.05) is 72.8 Å². The van der Waals surface area contributed by atoms with Crippen molar-refractivity contribution in [3.8, 4) is 16.3 Å². The number of aryl methyl sites for hydroxylation is 1. The maximum absolute atomic E-state index is 13.0. The predicted molar refractivity (Wildman–Crippen MR) is 161 cm³/mol.